The number of hydrogen-bond acceptors (Lipinski definition) is 5. The molecular weight excluding hydrogens is 429 g/mol. The predicted octanol–water partition coefficient (Wildman–Crippen LogP) is 5.39. The summed E-state index contributed by atoms with van der Waals surface area (Å²) in [6, 6.07) is 15.2. The number of thiophene rings is 1. The molecule has 0 saturated carbocycles. The van der Waals surface area contributed by atoms with Crippen molar-refractivity contribution in [1.29, 1.82) is 0 Å². The molecule has 0 atom stereocenters. The summed E-state index contributed by atoms with van der Waals surface area (Å²) >= 11 is 13.6. The average Bonchev–Trinajstić information content (AvgIpc) is 3.19. The number of anilines is 3. The van der Waals surface area contributed by atoms with E-state index in [4.69, 9.17) is 33.7 Å². The third kappa shape index (κ3) is 4.36. The summed E-state index contributed by atoms with van der Waals surface area (Å²) in [5, 5.41) is 4.54. The fourth-order valence-electron chi connectivity index (χ4n) is 3.17. The number of nitrogens with one attached hydrogen (secondary N) is 1. The SMILES string of the molecule is Nc1c(Cl)cc(NC(=O)c2cc(-c3ccccc3)c(N3CCOCC3)s2)cc1Cl. The summed E-state index contributed by atoms with van der Waals surface area (Å²) in [7, 11) is 0. The van der Waals surface area contributed by atoms with Crippen molar-refractivity contribution < 1.29 is 9.53 Å². The fourth-order valence-corrected chi connectivity index (χ4v) is 4.78. The van der Waals surface area contributed by atoms with E-state index in [1.54, 1.807) is 12.1 Å². The van der Waals surface area contributed by atoms with E-state index in [0.29, 0.717) is 39.5 Å². The molecule has 1 aliphatic rings. The Morgan fingerprint density at radius 1 is 1.07 bits per heavy atom. The molecule has 0 radical (unpaired) electrons. The van der Waals surface area contributed by atoms with Crippen LogP contribution in [0.15, 0.2) is 48.5 Å². The molecule has 1 amide bonds. The lowest BCUT2D eigenvalue weighted by atomic mass is 10.1. The van der Waals surface area contributed by atoms with Crippen LogP contribution in [0.4, 0.5) is 16.4 Å². The Morgan fingerprint density at radius 3 is 2.38 bits per heavy atom. The normalized spacial score (nSPS) is 14.1. The molecule has 0 spiro atoms. The lowest BCUT2D eigenvalue weighted by Gasteiger charge is -2.28. The van der Waals surface area contributed by atoms with Gasteiger partial charge in [-0.2, -0.15) is 0 Å². The van der Waals surface area contributed by atoms with Crippen LogP contribution in [0.5, 0.6) is 0 Å². The van der Waals surface area contributed by atoms with Crippen molar-refractivity contribution in [2.75, 3.05) is 42.3 Å². The number of nitrogens with zero attached hydrogens (tertiary/aromatic N) is 1. The minimum Gasteiger partial charge on any atom is -0.396 e. The van der Waals surface area contributed by atoms with Crippen molar-refractivity contribution in [2.24, 2.45) is 0 Å². The Balaban J connectivity index is 1.66. The van der Waals surface area contributed by atoms with E-state index in [0.717, 1.165) is 29.2 Å². The first-order valence-corrected chi connectivity index (χ1v) is 10.7. The molecule has 29 heavy (non-hydrogen) atoms. The van der Waals surface area contributed by atoms with Crippen LogP contribution in [0.25, 0.3) is 11.1 Å². The number of ether oxygens (including phenoxy) is 1. The molecule has 2 aromatic carbocycles. The van der Waals surface area contributed by atoms with Gasteiger partial charge in [0.1, 0.15) is 0 Å². The third-order valence-corrected chi connectivity index (χ3v) is 6.48. The molecule has 1 fully saturated rings. The summed E-state index contributed by atoms with van der Waals surface area (Å²) in [6.45, 7) is 2.95. The van der Waals surface area contributed by atoms with Crippen molar-refractivity contribution >= 4 is 56.8 Å². The van der Waals surface area contributed by atoms with Gasteiger partial charge in [-0.3, -0.25) is 4.79 Å². The quantitative estimate of drug-likeness (QED) is 0.525. The van der Waals surface area contributed by atoms with Crippen LogP contribution in [0.3, 0.4) is 0 Å². The maximum atomic E-state index is 12.9. The summed E-state index contributed by atoms with van der Waals surface area (Å²) in [6.07, 6.45) is 0. The molecule has 0 bridgehead atoms. The van der Waals surface area contributed by atoms with Gasteiger partial charge in [0, 0.05) is 24.3 Å². The third-order valence-electron chi connectivity index (χ3n) is 4.66. The first-order valence-electron chi connectivity index (χ1n) is 9.11. The predicted molar refractivity (Wildman–Crippen MR) is 122 cm³/mol. The van der Waals surface area contributed by atoms with Crippen LogP contribution in [0.1, 0.15) is 9.67 Å². The molecule has 1 aromatic heterocycles. The molecule has 0 unspecified atom stereocenters. The molecule has 1 saturated heterocycles. The summed E-state index contributed by atoms with van der Waals surface area (Å²) in [4.78, 5) is 15.8. The minimum absolute atomic E-state index is 0.219. The average molecular weight is 448 g/mol. The Bertz CT molecular complexity index is 1010. The van der Waals surface area contributed by atoms with E-state index in [1.165, 1.54) is 11.3 Å². The van der Waals surface area contributed by atoms with E-state index in [1.807, 2.05) is 36.4 Å². The first-order chi connectivity index (χ1) is 14.0. The zero-order valence-electron chi connectivity index (χ0n) is 15.5. The van der Waals surface area contributed by atoms with Crippen molar-refractivity contribution in [3.63, 3.8) is 0 Å². The maximum absolute atomic E-state index is 12.9. The van der Waals surface area contributed by atoms with Crippen LogP contribution >= 0.6 is 34.5 Å². The second-order valence-electron chi connectivity index (χ2n) is 6.60. The maximum Gasteiger partial charge on any atom is 0.265 e. The standard InChI is InChI=1S/C21H19Cl2N3O2S/c22-16-10-14(11-17(23)19(16)24)25-20(27)18-12-15(13-4-2-1-3-5-13)21(29-18)26-6-8-28-9-7-26/h1-5,10-12H,6-9,24H2,(H,25,27). The smallest absolute Gasteiger partial charge is 0.265 e. The van der Waals surface area contributed by atoms with Gasteiger partial charge in [-0.15, -0.1) is 11.3 Å². The second kappa shape index (κ2) is 8.63. The molecule has 150 valence electrons. The molecule has 4 rings (SSSR count). The molecule has 3 aromatic rings. The van der Waals surface area contributed by atoms with Crippen LogP contribution in [0, 0.1) is 0 Å². The van der Waals surface area contributed by atoms with Gasteiger partial charge >= 0.3 is 0 Å². The van der Waals surface area contributed by atoms with Crippen LogP contribution in [-0.2, 0) is 4.74 Å². The Morgan fingerprint density at radius 2 is 1.72 bits per heavy atom. The number of carbonyl (C=O) groups excluding carboxylic acids is 1. The monoisotopic (exact) mass is 447 g/mol. The number of nitrogen functional groups attached to an aromatic ring is 1. The Hall–Kier alpha value is -2.25. The summed E-state index contributed by atoms with van der Waals surface area (Å²) in [5.74, 6) is -0.219. The molecule has 2 heterocycles. The molecule has 8 heteroatoms. The molecule has 3 N–H and O–H groups in total. The number of rotatable bonds is 4. The summed E-state index contributed by atoms with van der Waals surface area (Å²) in [5.41, 5.74) is 8.68. The Kier molecular flexibility index (Phi) is 5.96. The van der Waals surface area contributed by atoms with Crippen molar-refractivity contribution in [3.8, 4) is 11.1 Å². The first kappa shape index (κ1) is 20.0. The van der Waals surface area contributed by atoms with Crippen LogP contribution in [-0.4, -0.2) is 32.2 Å². The topological polar surface area (TPSA) is 67.6 Å². The zero-order chi connectivity index (χ0) is 20.4. The van der Waals surface area contributed by atoms with Crippen molar-refractivity contribution in [3.05, 3.63) is 63.5 Å². The van der Waals surface area contributed by atoms with Gasteiger partial charge in [0.25, 0.3) is 5.91 Å². The number of halogens is 2. The van der Waals surface area contributed by atoms with Gasteiger partial charge in [0.15, 0.2) is 0 Å². The van der Waals surface area contributed by atoms with Gasteiger partial charge in [-0.25, -0.2) is 0 Å². The van der Waals surface area contributed by atoms with Crippen molar-refractivity contribution in [2.45, 2.75) is 0 Å². The minimum atomic E-state index is -0.219. The number of benzene rings is 2. The second-order valence-corrected chi connectivity index (χ2v) is 8.45. The van der Waals surface area contributed by atoms with Gasteiger partial charge in [0.2, 0.25) is 0 Å². The number of carbonyl (C=O) groups is 1. The fraction of sp³-hybridized carbons (Fsp3) is 0.190. The number of nitrogens with two attached hydrogens (primary N) is 1. The number of hydrogen-bond donors (Lipinski definition) is 2. The lowest BCUT2D eigenvalue weighted by molar-refractivity contribution is 0.103. The highest BCUT2D eigenvalue weighted by atomic mass is 35.5. The van der Waals surface area contributed by atoms with Gasteiger partial charge < -0.3 is 20.7 Å². The number of amides is 1. The highest BCUT2D eigenvalue weighted by molar-refractivity contribution is 7.18. The van der Waals surface area contributed by atoms with E-state index < -0.39 is 0 Å². The Labute approximate surface area is 183 Å². The van der Waals surface area contributed by atoms with E-state index in [2.05, 4.69) is 10.2 Å². The van der Waals surface area contributed by atoms with Gasteiger partial charge in [0.05, 0.1) is 38.8 Å². The summed E-state index contributed by atoms with van der Waals surface area (Å²) < 4.78 is 5.48. The van der Waals surface area contributed by atoms with E-state index in [9.17, 15) is 4.79 Å². The van der Waals surface area contributed by atoms with Crippen LogP contribution in [0.2, 0.25) is 10.0 Å². The van der Waals surface area contributed by atoms with Gasteiger partial charge in [-0.1, -0.05) is 53.5 Å². The largest absolute Gasteiger partial charge is 0.396 e. The molecular formula is C21H19Cl2N3O2S. The molecule has 1 aliphatic heterocycles. The van der Waals surface area contributed by atoms with Crippen LogP contribution < -0.4 is 16.0 Å². The highest BCUT2D eigenvalue weighted by Gasteiger charge is 2.22. The number of morpholine rings is 1. The molecule has 0 aliphatic carbocycles. The van der Waals surface area contributed by atoms with E-state index in [-0.39, 0.29) is 5.91 Å². The highest BCUT2D eigenvalue weighted by Crippen LogP contribution is 2.40. The lowest BCUT2D eigenvalue weighted by Crippen LogP contribution is -2.35. The zero-order valence-corrected chi connectivity index (χ0v) is 17.8. The molecule has 5 nitrogen and oxygen atoms in total. The van der Waals surface area contributed by atoms with Crippen molar-refractivity contribution in [1.82, 2.24) is 0 Å². The van der Waals surface area contributed by atoms with E-state index >= 15 is 0 Å². The van der Waals surface area contributed by atoms with Gasteiger partial charge in [-0.05, 0) is 23.8 Å².